The van der Waals surface area contributed by atoms with Crippen LogP contribution in [0.1, 0.15) is 41.0 Å². The standard InChI is InChI=1S/C22H23F5N4O2/c1-13-19(21(32)30-14(11-28)5-3-9-22(25,26)27)31-10-4-8-18(20(31)29-13)33-12-15-16(23)6-2-7-17(15)24/h2,4,6-8,10,14H,3,5,9,11-12,28H2,1H3,(H,30,32). The average Bonchev–Trinajstić information content (AvgIpc) is 3.08. The Morgan fingerprint density at radius 3 is 2.55 bits per heavy atom. The van der Waals surface area contributed by atoms with E-state index >= 15 is 0 Å². The number of nitrogens with zero attached hydrogens (tertiary/aromatic N) is 2. The van der Waals surface area contributed by atoms with Crippen molar-refractivity contribution in [2.75, 3.05) is 6.54 Å². The van der Waals surface area contributed by atoms with Gasteiger partial charge in [0.1, 0.15) is 23.9 Å². The molecule has 6 nitrogen and oxygen atoms in total. The van der Waals surface area contributed by atoms with Crippen molar-refractivity contribution in [1.29, 1.82) is 0 Å². The lowest BCUT2D eigenvalue weighted by Crippen LogP contribution is -2.41. The summed E-state index contributed by atoms with van der Waals surface area (Å²) in [4.78, 5) is 17.2. The number of rotatable bonds is 9. The maximum atomic E-state index is 13.9. The van der Waals surface area contributed by atoms with Crippen LogP contribution in [0.2, 0.25) is 0 Å². The molecule has 0 bridgehead atoms. The Bertz CT molecular complexity index is 1110. The summed E-state index contributed by atoms with van der Waals surface area (Å²) in [5.74, 6) is -1.86. The van der Waals surface area contributed by atoms with Crippen LogP contribution in [0.15, 0.2) is 36.5 Å². The number of carbonyl (C=O) groups excluding carboxylic acids is 1. The molecule has 0 radical (unpaired) electrons. The van der Waals surface area contributed by atoms with Gasteiger partial charge >= 0.3 is 6.18 Å². The van der Waals surface area contributed by atoms with Gasteiger partial charge in [0.2, 0.25) is 0 Å². The van der Waals surface area contributed by atoms with Gasteiger partial charge in [-0.1, -0.05) is 6.07 Å². The van der Waals surface area contributed by atoms with Gasteiger partial charge in [-0.25, -0.2) is 13.8 Å². The molecule has 2 aromatic heterocycles. The molecular weight excluding hydrogens is 447 g/mol. The van der Waals surface area contributed by atoms with Crippen LogP contribution >= 0.6 is 0 Å². The van der Waals surface area contributed by atoms with E-state index in [4.69, 9.17) is 10.5 Å². The second kappa shape index (κ2) is 10.2. The van der Waals surface area contributed by atoms with Gasteiger partial charge in [-0.3, -0.25) is 9.20 Å². The molecule has 1 unspecified atom stereocenters. The van der Waals surface area contributed by atoms with E-state index in [-0.39, 0.29) is 48.6 Å². The molecule has 0 aliphatic rings. The SMILES string of the molecule is Cc1nc2c(OCc3c(F)cccc3F)cccn2c1C(=O)NC(CN)CCCC(F)(F)F. The number of halogens is 5. The summed E-state index contributed by atoms with van der Waals surface area (Å²) in [5.41, 5.74) is 6.12. The number of nitrogens with one attached hydrogen (secondary N) is 1. The van der Waals surface area contributed by atoms with Crippen molar-refractivity contribution in [2.24, 2.45) is 5.73 Å². The lowest BCUT2D eigenvalue weighted by molar-refractivity contribution is -0.135. The minimum Gasteiger partial charge on any atom is -0.485 e. The molecule has 1 amide bonds. The number of imidazole rings is 1. The summed E-state index contributed by atoms with van der Waals surface area (Å²) in [6, 6.07) is 5.95. The zero-order valence-electron chi connectivity index (χ0n) is 17.8. The first-order valence-electron chi connectivity index (χ1n) is 10.2. The second-order valence-corrected chi connectivity index (χ2v) is 7.51. The molecule has 33 heavy (non-hydrogen) atoms. The van der Waals surface area contributed by atoms with E-state index in [1.807, 2.05) is 0 Å². The number of aromatic nitrogens is 2. The Morgan fingerprint density at radius 1 is 1.21 bits per heavy atom. The molecule has 3 N–H and O–H groups in total. The third kappa shape index (κ3) is 5.98. The summed E-state index contributed by atoms with van der Waals surface area (Å²) < 4.78 is 72.0. The van der Waals surface area contributed by atoms with Crippen molar-refractivity contribution < 1.29 is 31.5 Å². The molecule has 0 fully saturated rings. The fourth-order valence-corrected chi connectivity index (χ4v) is 3.41. The molecule has 0 aliphatic heterocycles. The summed E-state index contributed by atoms with van der Waals surface area (Å²) in [6.07, 6.45) is -3.77. The summed E-state index contributed by atoms with van der Waals surface area (Å²) in [6.45, 7) is 1.17. The van der Waals surface area contributed by atoms with E-state index in [1.165, 1.54) is 10.5 Å². The lowest BCUT2D eigenvalue weighted by atomic mass is 10.1. The third-order valence-corrected chi connectivity index (χ3v) is 5.07. The first-order chi connectivity index (χ1) is 15.6. The first-order valence-corrected chi connectivity index (χ1v) is 10.2. The Hall–Kier alpha value is -3.21. The van der Waals surface area contributed by atoms with Crippen molar-refractivity contribution in [2.45, 2.75) is 45.0 Å². The number of fused-ring (bicyclic) bond motifs is 1. The highest BCUT2D eigenvalue weighted by atomic mass is 19.4. The predicted octanol–water partition coefficient (Wildman–Crippen LogP) is 4.29. The Balaban J connectivity index is 1.78. The minimum atomic E-state index is -4.27. The van der Waals surface area contributed by atoms with Crippen LogP contribution in [0.4, 0.5) is 22.0 Å². The van der Waals surface area contributed by atoms with E-state index < -0.39 is 36.2 Å². The Morgan fingerprint density at radius 2 is 1.91 bits per heavy atom. The molecule has 0 aliphatic carbocycles. The van der Waals surface area contributed by atoms with Crippen LogP contribution in [-0.4, -0.2) is 34.1 Å². The van der Waals surface area contributed by atoms with E-state index in [0.29, 0.717) is 5.69 Å². The molecule has 1 atom stereocenters. The number of amides is 1. The third-order valence-electron chi connectivity index (χ3n) is 5.07. The predicted molar refractivity (Wildman–Crippen MR) is 111 cm³/mol. The second-order valence-electron chi connectivity index (χ2n) is 7.51. The summed E-state index contributed by atoms with van der Waals surface area (Å²) in [7, 11) is 0. The van der Waals surface area contributed by atoms with Crippen LogP contribution in [0.3, 0.4) is 0 Å². The van der Waals surface area contributed by atoms with Gasteiger partial charge in [-0.05, 0) is 44.0 Å². The first kappa shape index (κ1) is 24.4. The molecule has 0 spiro atoms. The number of nitrogens with two attached hydrogens (primary N) is 1. The van der Waals surface area contributed by atoms with Crippen molar-refractivity contribution in [3.63, 3.8) is 0 Å². The Kier molecular flexibility index (Phi) is 7.52. The molecule has 2 heterocycles. The number of benzene rings is 1. The summed E-state index contributed by atoms with van der Waals surface area (Å²) in [5, 5.41) is 2.65. The van der Waals surface area contributed by atoms with Gasteiger partial charge in [0.15, 0.2) is 11.4 Å². The van der Waals surface area contributed by atoms with Gasteiger partial charge < -0.3 is 15.8 Å². The van der Waals surface area contributed by atoms with Crippen molar-refractivity contribution in [3.05, 3.63) is 65.1 Å². The van der Waals surface area contributed by atoms with E-state index in [9.17, 15) is 26.7 Å². The van der Waals surface area contributed by atoms with E-state index in [0.717, 1.165) is 12.1 Å². The maximum absolute atomic E-state index is 13.9. The van der Waals surface area contributed by atoms with Crippen LogP contribution in [0.5, 0.6) is 5.75 Å². The molecule has 0 saturated heterocycles. The number of ether oxygens (including phenoxy) is 1. The monoisotopic (exact) mass is 470 g/mol. The summed E-state index contributed by atoms with van der Waals surface area (Å²) >= 11 is 0. The van der Waals surface area contributed by atoms with Gasteiger partial charge in [0.25, 0.3) is 5.91 Å². The highest BCUT2D eigenvalue weighted by Crippen LogP contribution is 2.25. The molecular formula is C22H23F5N4O2. The zero-order valence-corrected chi connectivity index (χ0v) is 17.8. The van der Waals surface area contributed by atoms with Crippen LogP contribution in [-0.2, 0) is 6.61 Å². The largest absolute Gasteiger partial charge is 0.485 e. The molecule has 3 rings (SSSR count). The van der Waals surface area contributed by atoms with Gasteiger partial charge in [0, 0.05) is 25.2 Å². The molecule has 11 heteroatoms. The number of pyridine rings is 1. The maximum Gasteiger partial charge on any atom is 0.389 e. The number of alkyl halides is 3. The highest BCUT2D eigenvalue weighted by molar-refractivity contribution is 5.95. The van der Waals surface area contributed by atoms with E-state index in [1.54, 1.807) is 25.3 Å². The number of aryl methyl sites for hydroxylation is 1. The number of hydrogen-bond donors (Lipinski definition) is 2. The van der Waals surface area contributed by atoms with Crippen molar-refractivity contribution >= 4 is 11.6 Å². The fraction of sp³-hybridized carbons (Fsp3) is 0.364. The molecule has 1 aromatic carbocycles. The smallest absolute Gasteiger partial charge is 0.389 e. The zero-order chi connectivity index (χ0) is 24.2. The normalized spacial score (nSPS) is 12.7. The molecule has 178 valence electrons. The Labute approximate surface area is 186 Å². The minimum absolute atomic E-state index is 0.0258. The number of hydrogen-bond acceptors (Lipinski definition) is 4. The van der Waals surface area contributed by atoms with Crippen molar-refractivity contribution in [1.82, 2.24) is 14.7 Å². The van der Waals surface area contributed by atoms with Crippen LogP contribution in [0, 0.1) is 18.6 Å². The number of carbonyl (C=O) groups is 1. The van der Waals surface area contributed by atoms with Gasteiger partial charge in [0.05, 0.1) is 11.3 Å². The average molecular weight is 470 g/mol. The molecule has 3 aromatic rings. The van der Waals surface area contributed by atoms with Gasteiger partial charge in [-0.15, -0.1) is 0 Å². The quantitative estimate of drug-likeness (QED) is 0.457. The van der Waals surface area contributed by atoms with Crippen LogP contribution in [0.25, 0.3) is 5.65 Å². The van der Waals surface area contributed by atoms with Gasteiger partial charge in [-0.2, -0.15) is 13.2 Å². The van der Waals surface area contributed by atoms with Crippen molar-refractivity contribution in [3.8, 4) is 5.75 Å². The van der Waals surface area contributed by atoms with E-state index in [2.05, 4.69) is 10.3 Å². The fourth-order valence-electron chi connectivity index (χ4n) is 3.41. The molecule has 0 saturated carbocycles. The van der Waals surface area contributed by atoms with Crippen LogP contribution < -0.4 is 15.8 Å². The lowest BCUT2D eigenvalue weighted by Gasteiger charge is -2.17. The highest BCUT2D eigenvalue weighted by Gasteiger charge is 2.27. The topological polar surface area (TPSA) is 81.7 Å².